The third-order valence-corrected chi connectivity index (χ3v) is 5.53. The molecule has 2 aromatic heterocycles. The molecule has 0 amide bonds. The number of nitrogens with zero attached hydrogens (tertiary/aromatic N) is 5. The summed E-state index contributed by atoms with van der Waals surface area (Å²) >= 11 is 0. The minimum absolute atomic E-state index is 0.00509. The van der Waals surface area contributed by atoms with Gasteiger partial charge in [-0.3, -0.25) is 4.79 Å². The summed E-state index contributed by atoms with van der Waals surface area (Å²) in [6.45, 7) is 2.60. The maximum atomic E-state index is 14.3. The number of anilines is 1. The Labute approximate surface area is 189 Å². The van der Waals surface area contributed by atoms with E-state index in [1.54, 1.807) is 24.7 Å². The molecular weight excluding hydrogens is 432 g/mol. The van der Waals surface area contributed by atoms with Gasteiger partial charge in [-0.2, -0.15) is 4.39 Å². The molecule has 3 heterocycles. The summed E-state index contributed by atoms with van der Waals surface area (Å²) in [4.78, 5) is 29.9. The molecule has 33 heavy (non-hydrogen) atoms. The van der Waals surface area contributed by atoms with Gasteiger partial charge in [-0.1, -0.05) is 0 Å². The second kappa shape index (κ2) is 9.85. The molecule has 3 aromatic rings. The largest absolute Gasteiger partial charge is 0.490 e. The number of aliphatic carboxylic acids is 1. The highest BCUT2D eigenvalue weighted by Crippen LogP contribution is 2.36. The molecule has 1 aromatic carbocycles. The molecule has 8 nitrogen and oxygen atoms in total. The standard InChI is InChI=1S/C23H23F2N5O3/c1-14-16-13-28-23(22-26-7-4-8-27-22)29-18(16)6-9-30(14)15-11-17(24)21(25)19(12-15)33-10-3-2-5-20(31)32/h4,7-8,11-14H,2-3,5-6,9-10H2,1H3,(H,31,32). The SMILES string of the molecule is CC1c2cnc(-c3ncccn3)nc2CCN1c1cc(F)c(F)c(OCCCCC(=O)O)c1. The van der Waals surface area contributed by atoms with E-state index in [-0.39, 0.29) is 24.8 Å². The van der Waals surface area contributed by atoms with Gasteiger partial charge in [0.1, 0.15) is 0 Å². The van der Waals surface area contributed by atoms with Crippen LogP contribution >= 0.6 is 0 Å². The smallest absolute Gasteiger partial charge is 0.303 e. The van der Waals surface area contributed by atoms with Gasteiger partial charge in [0.05, 0.1) is 18.3 Å². The van der Waals surface area contributed by atoms with E-state index in [9.17, 15) is 13.6 Å². The Hall–Kier alpha value is -3.69. The van der Waals surface area contributed by atoms with Gasteiger partial charge in [-0.15, -0.1) is 0 Å². The summed E-state index contributed by atoms with van der Waals surface area (Å²) < 4.78 is 34.1. The van der Waals surface area contributed by atoms with Crippen molar-refractivity contribution in [1.82, 2.24) is 19.9 Å². The molecule has 1 unspecified atom stereocenters. The molecule has 10 heteroatoms. The van der Waals surface area contributed by atoms with Crippen LogP contribution in [0.25, 0.3) is 11.6 Å². The van der Waals surface area contributed by atoms with E-state index in [2.05, 4.69) is 19.9 Å². The Bertz CT molecular complexity index is 1150. The monoisotopic (exact) mass is 455 g/mol. The molecule has 1 atom stereocenters. The van der Waals surface area contributed by atoms with Gasteiger partial charge in [0.15, 0.2) is 23.2 Å². The molecule has 0 saturated heterocycles. The van der Waals surface area contributed by atoms with Crippen LogP contribution in [0.3, 0.4) is 0 Å². The lowest BCUT2D eigenvalue weighted by Crippen LogP contribution is -2.35. The minimum Gasteiger partial charge on any atom is -0.490 e. The van der Waals surface area contributed by atoms with E-state index in [0.29, 0.717) is 43.1 Å². The van der Waals surface area contributed by atoms with E-state index in [1.165, 1.54) is 6.07 Å². The lowest BCUT2D eigenvalue weighted by atomic mass is 9.98. The first-order chi connectivity index (χ1) is 15.9. The number of hydrogen-bond acceptors (Lipinski definition) is 7. The quantitative estimate of drug-likeness (QED) is 0.509. The molecule has 0 aliphatic carbocycles. The van der Waals surface area contributed by atoms with Crippen LogP contribution in [0.5, 0.6) is 5.75 Å². The Morgan fingerprint density at radius 2 is 1.97 bits per heavy atom. The molecule has 1 N–H and O–H groups in total. The van der Waals surface area contributed by atoms with Crippen molar-refractivity contribution in [3.8, 4) is 17.4 Å². The fraction of sp³-hybridized carbons (Fsp3) is 0.348. The Morgan fingerprint density at radius 3 is 2.73 bits per heavy atom. The first kappa shape index (κ1) is 22.5. The minimum atomic E-state index is -1.06. The average Bonchev–Trinajstić information content (AvgIpc) is 2.82. The van der Waals surface area contributed by atoms with Crippen molar-refractivity contribution in [3.63, 3.8) is 0 Å². The van der Waals surface area contributed by atoms with Crippen LogP contribution < -0.4 is 9.64 Å². The second-order valence-corrected chi connectivity index (χ2v) is 7.73. The number of carbonyl (C=O) groups is 1. The van der Waals surface area contributed by atoms with E-state index in [0.717, 1.165) is 17.3 Å². The summed E-state index contributed by atoms with van der Waals surface area (Å²) in [5, 5.41) is 8.69. The number of carboxylic acids is 1. The lowest BCUT2D eigenvalue weighted by molar-refractivity contribution is -0.137. The highest BCUT2D eigenvalue weighted by Gasteiger charge is 2.28. The number of ether oxygens (including phenoxy) is 1. The average molecular weight is 455 g/mol. The van der Waals surface area contributed by atoms with Gasteiger partial charge in [0.25, 0.3) is 0 Å². The van der Waals surface area contributed by atoms with Crippen LogP contribution in [0.15, 0.2) is 36.8 Å². The molecule has 0 saturated carbocycles. The zero-order valence-electron chi connectivity index (χ0n) is 18.0. The predicted octanol–water partition coefficient (Wildman–Crippen LogP) is 3.97. The summed E-state index contributed by atoms with van der Waals surface area (Å²) in [5.74, 6) is -2.26. The van der Waals surface area contributed by atoms with Gasteiger partial charge in [-0.05, 0) is 25.8 Å². The molecule has 1 aliphatic heterocycles. The number of benzene rings is 1. The van der Waals surface area contributed by atoms with Gasteiger partial charge in [0, 0.05) is 61.4 Å². The van der Waals surface area contributed by atoms with Crippen molar-refractivity contribution < 1.29 is 23.4 Å². The number of halogens is 2. The van der Waals surface area contributed by atoms with E-state index in [1.807, 2.05) is 11.8 Å². The fourth-order valence-electron chi connectivity index (χ4n) is 3.82. The normalized spacial score (nSPS) is 15.2. The maximum absolute atomic E-state index is 14.3. The molecule has 4 rings (SSSR count). The van der Waals surface area contributed by atoms with Crippen LogP contribution in [0, 0.1) is 11.6 Å². The highest BCUT2D eigenvalue weighted by atomic mass is 19.2. The Kier molecular flexibility index (Phi) is 6.71. The van der Waals surface area contributed by atoms with Crippen LogP contribution in [0.1, 0.15) is 43.5 Å². The van der Waals surface area contributed by atoms with Crippen molar-refractivity contribution in [3.05, 3.63) is 59.7 Å². The van der Waals surface area contributed by atoms with Crippen molar-refractivity contribution in [1.29, 1.82) is 0 Å². The van der Waals surface area contributed by atoms with E-state index < -0.39 is 17.6 Å². The van der Waals surface area contributed by atoms with Crippen LogP contribution in [-0.4, -0.2) is 44.2 Å². The number of rotatable bonds is 8. The van der Waals surface area contributed by atoms with Gasteiger partial charge in [0.2, 0.25) is 5.82 Å². The maximum Gasteiger partial charge on any atom is 0.303 e. The van der Waals surface area contributed by atoms with Crippen molar-refractivity contribution in [2.75, 3.05) is 18.1 Å². The second-order valence-electron chi connectivity index (χ2n) is 7.73. The lowest BCUT2D eigenvalue weighted by Gasteiger charge is -2.36. The zero-order chi connectivity index (χ0) is 23.4. The molecule has 0 bridgehead atoms. The Balaban J connectivity index is 1.52. The van der Waals surface area contributed by atoms with Crippen molar-refractivity contribution in [2.24, 2.45) is 0 Å². The third kappa shape index (κ3) is 5.05. The summed E-state index contributed by atoms with van der Waals surface area (Å²) in [7, 11) is 0. The molecule has 0 radical (unpaired) electrons. The molecule has 172 valence electrons. The summed E-state index contributed by atoms with van der Waals surface area (Å²) in [6, 6.07) is 4.18. The van der Waals surface area contributed by atoms with Crippen LogP contribution in [-0.2, 0) is 11.2 Å². The first-order valence-electron chi connectivity index (χ1n) is 10.7. The van der Waals surface area contributed by atoms with E-state index >= 15 is 0 Å². The molecule has 1 aliphatic rings. The number of unbranched alkanes of at least 4 members (excludes halogenated alkanes) is 1. The summed E-state index contributed by atoms with van der Waals surface area (Å²) in [5.41, 5.74) is 2.25. The third-order valence-electron chi connectivity index (χ3n) is 5.53. The van der Waals surface area contributed by atoms with Crippen LogP contribution in [0.2, 0.25) is 0 Å². The number of hydrogen-bond donors (Lipinski definition) is 1. The first-order valence-corrected chi connectivity index (χ1v) is 10.7. The van der Waals surface area contributed by atoms with Gasteiger partial charge < -0.3 is 14.7 Å². The molecule has 0 spiro atoms. The van der Waals surface area contributed by atoms with Crippen molar-refractivity contribution >= 4 is 11.7 Å². The Morgan fingerprint density at radius 1 is 1.18 bits per heavy atom. The number of carboxylic acid groups (broad SMARTS) is 1. The van der Waals surface area contributed by atoms with E-state index in [4.69, 9.17) is 9.84 Å². The summed E-state index contributed by atoms with van der Waals surface area (Å²) in [6.07, 6.45) is 6.40. The topological polar surface area (TPSA) is 101 Å². The number of fused-ring (bicyclic) bond motifs is 1. The highest BCUT2D eigenvalue weighted by molar-refractivity contribution is 5.66. The van der Waals surface area contributed by atoms with Crippen LogP contribution in [0.4, 0.5) is 14.5 Å². The number of aromatic nitrogens is 4. The van der Waals surface area contributed by atoms with Crippen molar-refractivity contribution in [2.45, 2.75) is 38.6 Å². The van der Waals surface area contributed by atoms with Gasteiger partial charge in [-0.25, -0.2) is 24.3 Å². The fourth-order valence-corrected chi connectivity index (χ4v) is 3.82. The zero-order valence-corrected chi connectivity index (χ0v) is 18.0. The van der Waals surface area contributed by atoms with Gasteiger partial charge >= 0.3 is 5.97 Å². The molecular formula is C23H23F2N5O3. The molecule has 0 fully saturated rings. The predicted molar refractivity (Wildman–Crippen MR) is 116 cm³/mol.